The highest BCUT2D eigenvalue weighted by molar-refractivity contribution is 7.98. The van der Waals surface area contributed by atoms with Crippen molar-refractivity contribution in [2.45, 2.75) is 11.8 Å². The fraction of sp³-hybridized carbons (Fsp3) is 0.308. The van der Waals surface area contributed by atoms with E-state index in [9.17, 15) is 5.26 Å². The van der Waals surface area contributed by atoms with Crippen molar-refractivity contribution >= 4 is 17.4 Å². The number of hydrogen-bond acceptors (Lipinski definition) is 3. The Balaban J connectivity index is 3.23. The van der Waals surface area contributed by atoms with Crippen LogP contribution in [-0.2, 0) is 0 Å². The summed E-state index contributed by atoms with van der Waals surface area (Å²) in [5.41, 5.74) is 1.64. The fourth-order valence-electron chi connectivity index (χ4n) is 1.54. The summed E-state index contributed by atoms with van der Waals surface area (Å²) in [7, 11) is 0. The molecule has 0 aromatic heterocycles. The van der Waals surface area contributed by atoms with E-state index in [0.29, 0.717) is 12.1 Å². The molecule has 0 saturated carbocycles. The minimum atomic E-state index is 0.531. The molecule has 0 fully saturated rings. The van der Waals surface area contributed by atoms with Crippen molar-refractivity contribution in [3.63, 3.8) is 0 Å². The molecule has 3 heteroatoms. The maximum Gasteiger partial charge on any atom is 0.103 e. The van der Waals surface area contributed by atoms with Crippen LogP contribution in [0.2, 0.25) is 0 Å². The lowest BCUT2D eigenvalue weighted by molar-refractivity contribution is 0.913. The van der Waals surface area contributed by atoms with E-state index in [1.165, 1.54) is 0 Å². The van der Waals surface area contributed by atoms with Crippen molar-refractivity contribution < 1.29 is 0 Å². The molecule has 1 aromatic carbocycles. The van der Waals surface area contributed by atoms with E-state index in [0.717, 1.165) is 17.1 Å². The van der Waals surface area contributed by atoms with Crippen molar-refractivity contribution in [1.29, 1.82) is 5.26 Å². The number of terminal acetylenes is 1. The summed E-state index contributed by atoms with van der Waals surface area (Å²) in [6.07, 6.45) is 7.29. The SMILES string of the molecule is C#CCN(CC)c1cccc(SC)c1C#N. The number of anilines is 1. The van der Waals surface area contributed by atoms with Gasteiger partial charge < -0.3 is 4.90 Å². The van der Waals surface area contributed by atoms with E-state index >= 15 is 0 Å². The molecule has 0 heterocycles. The number of nitrogens with zero attached hydrogens (tertiary/aromatic N) is 2. The lowest BCUT2D eigenvalue weighted by Gasteiger charge is -2.22. The van der Waals surface area contributed by atoms with Gasteiger partial charge in [-0.15, -0.1) is 18.2 Å². The van der Waals surface area contributed by atoms with Crippen LogP contribution in [0.25, 0.3) is 0 Å². The molecule has 0 atom stereocenters. The Hall–Kier alpha value is -1.58. The Morgan fingerprint density at radius 2 is 2.25 bits per heavy atom. The zero-order chi connectivity index (χ0) is 12.0. The Kier molecular flexibility index (Phi) is 4.76. The number of thioether (sulfide) groups is 1. The predicted octanol–water partition coefficient (Wildman–Crippen LogP) is 2.74. The predicted molar refractivity (Wildman–Crippen MR) is 69.7 cm³/mol. The third kappa shape index (κ3) is 2.51. The quantitative estimate of drug-likeness (QED) is 0.588. The third-order valence-corrected chi connectivity index (χ3v) is 3.12. The molecule has 1 aromatic rings. The van der Waals surface area contributed by atoms with E-state index in [2.05, 4.69) is 12.0 Å². The molecule has 82 valence electrons. The monoisotopic (exact) mass is 230 g/mol. The Bertz CT molecular complexity index is 440. The largest absolute Gasteiger partial charge is 0.360 e. The first-order chi connectivity index (χ1) is 7.78. The van der Waals surface area contributed by atoms with E-state index in [1.807, 2.05) is 36.3 Å². The van der Waals surface area contributed by atoms with Gasteiger partial charge in [-0.3, -0.25) is 0 Å². The molecule has 0 amide bonds. The van der Waals surface area contributed by atoms with Gasteiger partial charge in [0.15, 0.2) is 0 Å². The minimum absolute atomic E-state index is 0.531. The molecular formula is C13H14N2S. The molecule has 16 heavy (non-hydrogen) atoms. The summed E-state index contributed by atoms with van der Waals surface area (Å²) in [5.74, 6) is 2.62. The summed E-state index contributed by atoms with van der Waals surface area (Å²) in [4.78, 5) is 3.02. The van der Waals surface area contributed by atoms with Crippen LogP contribution in [0.15, 0.2) is 23.1 Å². The molecule has 1 rings (SSSR count). The maximum absolute atomic E-state index is 9.20. The van der Waals surface area contributed by atoms with Gasteiger partial charge in [0.2, 0.25) is 0 Å². The van der Waals surface area contributed by atoms with Gasteiger partial charge in [0, 0.05) is 11.4 Å². The number of benzene rings is 1. The van der Waals surface area contributed by atoms with Gasteiger partial charge in [0.05, 0.1) is 17.8 Å². The van der Waals surface area contributed by atoms with Gasteiger partial charge in [0.25, 0.3) is 0 Å². The number of hydrogen-bond donors (Lipinski definition) is 0. The van der Waals surface area contributed by atoms with Crippen LogP contribution in [-0.4, -0.2) is 19.3 Å². The molecule has 0 spiro atoms. The summed E-state index contributed by atoms with van der Waals surface area (Å²) in [6, 6.07) is 8.12. The second-order valence-corrected chi connectivity index (χ2v) is 4.03. The van der Waals surface area contributed by atoms with E-state index in [1.54, 1.807) is 11.8 Å². The average molecular weight is 230 g/mol. The van der Waals surface area contributed by atoms with Crippen LogP contribution >= 0.6 is 11.8 Å². The number of rotatable bonds is 4. The van der Waals surface area contributed by atoms with Crippen LogP contribution in [0.3, 0.4) is 0 Å². The zero-order valence-electron chi connectivity index (χ0n) is 9.53. The first-order valence-electron chi connectivity index (χ1n) is 5.04. The number of nitriles is 1. The zero-order valence-corrected chi connectivity index (χ0v) is 10.3. The molecule has 0 saturated heterocycles. The molecule has 0 aliphatic rings. The van der Waals surface area contributed by atoms with Crippen LogP contribution in [0.1, 0.15) is 12.5 Å². The van der Waals surface area contributed by atoms with Gasteiger partial charge in [-0.25, -0.2) is 0 Å². The van der Waals surface area contributed by atoms with Crippen LogP contribution < -0.4 is 4.90 Å². The van der Waals surface area contributed by atoms with Crippen molar-refractivity contribution in [1.82, 2.24) is 0 Å². The highest BCUT2D eigenvalue weighted by atomic mass is 32.2. The first-order valence-corrected chi connectivity index (χ1v) is 6.26. The van der Waals surface area contributed by atoms with Crippen molar-refractivity contribution in [2.24, 2.45) is 0 Å². The topological polar surface area (TPSA) is 27.0 Å². The van der Waals surface area contributed by atoms with Crippen LogP contribution in [0.4, 0.5) is 5.69 Å². The lowest BCUT2D eigenvalue weighted by atomic mass is 10.1. The molecule has 0 bridgehead atoms. The summed E-state index contributed by atoms with van der Waals surface area (Å²) in [5, 5.41) is 9.20. The first kappa shape index (κ1) is 12.5. The fourth-order valence-corrected chi connectivity index (χ4v) is 2.11. The van der Waals surface area contributed by atoms with E-state index < -0.39 is 0 Å². The summed E-state index contributed by atoms with van der Waals surface area (Å²) in [6.45, 7) is 3.37. The second kappa shape index (κ2) is 6.10. The van der Waals surface area contributed by atoms with Gasteiger partial charge in [-0.2, -0.15) is 5.26 Å². The molecule has 0 aliphatic heterocycles. The standard InChI is InChI=1S/C13H14N2S/c1-4-9-15(5-2)12-7-6-8-13(16-3)11(12)10-14/h1,6-8H,5,9H2,2-3H3. The highest BCUT2D eigenvalue weighted by Crippen LogP contribution is 2.28. The Morgan fingerprint density at radius 1 is 1.50 bits per heavy atom. The van der Waals surface area contributed by atoms with Gasteiger partial charge in [0.1, 0.15) is 6.07 Å². The summed E-state index contributed by atoms with van der Waals surface area (Å²) < 4.78 is 0. The minimum Gasteiger partial charge on any atom is -0.360 e. The molecule has 2 nitrogen and oxygen atoms in total. The lowest BCUT2D eigenvalue weighted by Crippen LogP contribution is -2.23. The smallest absolute Gasteiger partial charge is 0.103 e. The molecule has 0 unspecified atom stereocenters. The van der Waals surface area contributed by atoms with Gasteiger partial charge in [-0.05, 0) is 25.3 Å². The molecular weight excluding hydrogens is 216 g/mol. The normalized spacial score (nSPS) is 9.25. The van der Waals surface area contributed by atoms with Gasteiger partial charge >= 0.3 is 0 Å². The maximum atomic E-state index is 9.20. The molecule has 0 N–H and O–H groups in total. The third-order valence-electron chi connectivity index (χ3n) is 2.34. The Morgan fingerprint density at radius 3 is 2.75 bits per heavy atom. The summed E-state index contributed by atoms with van der Waals surface area (Å²) >= 11 is 1.58. The van der Waals surface area contributed by atoms with Crippen molar-refractivity contribution in [3.8, 4) is 18.4 Å². The van der Waals surface area contributed by atoms with Crippen LogP contribution in [0, 0.1) is 23.7 Å². The molecule has 0 radical (unpaired) electrons. The average Bonchev–Trinajstić information content (AvgIpc) is 2.34. The second-order valence-electron chi connectivity index (χ2n) is 3.18. The van der Waals surface area contributed by atoms with E-state index in [4.69, 9.17) is 6.42 Å². The highest BCUT2D eigenvalue weighted by Gasteiger charge is 2.11. The van der Waals surface area contributed by atoms with E-state index in [-0.39, 0.29) is 0 Å². The van der Waals surface area contributed by atoms with Crippen molar-refractivity contribution in [3.05, 3.63) is 23.8 Å². The Labute approximate surface area is 101 Å². The van der Waals surface area contributed by atoms with Crippen molar-refractivity contribution in [2.75, 3.05) is 24.2 Å². The van der Waals surface area contributed by atoms with Crippen LogP contribution in [0.5, 0.6) is 0 Å². The van der Waals surface area contributed by atoms with Gasteiger partial charge in [-0.1, -0.05) is 12.0 Å². The molecule has 0 aliphatic carbocycles.